The van der Waals surface area contributed by atoms with Gasteiger partial charge in [0.2, 0.25) is 0 Å². The van der Waals surface area contributed by atoms with Gasteiger partial charge in [-0.1, -0.05) is 42.5 Å². The molecule has 0 spiro atoms. The van der Waals surface area contributed by atoms with Crippen molar-refractivity contribution in [2.75, 3.05) is 19.6 Å². The highest BCUT2D eigenvalue weighted by Gasteiger charge is 2.30. The molecule has 3 heteroatoms. The van der Waals surface area contributed by atoms with Crippen LogP contribution in [0.1, 0.15) is 37.2 Å². The van der Waals surface area contributed by atoms with E-state index in [9.17, 15) is 0 Å². The average Bonchev–Trinajstić information content (AvgIpc) is 3.32. The molecule has 0 radical (unpaired) electrons. The molecule has 1 atom stereocenters. The first-order valence-electron chi connectivity index (χ1n) is 7.79. The molecule has 2 fully saturated rings. The maximum atomic E-state index is 6.01. The van der Waals surface area contributed by atoms with Crippen LogP contribution in [0.25, 0.3) is 0 Å². The van der Waals surface area contributed by atoms with Crippen molar-refractivity contribution in [3.8, 4) is 0 Å². The standard InChI is InChI=1S/C17H24N2S/c18-17(20)16(15-4-2-1-3-5-15)12-19(10-13-6-7-13)11-14-8-9-14/h1-5,13-14,16H,6-12H2,(H2,18,20). The number of hydrogen-bond donors (Lipinski definition) is 1. The Morgan fingerprint density at radius 2 is 1.65 bits per heavy atom. The van der Waals surface area contributed by atoms with E-state index >= 15 is 0 Å². The molecule has 0 amide bonds. The van der Waals surface area contributed by atoms with Gasteiger partial charge in [-0.15, -0.1) is 0 Å². The summed E-state index contributed by atoms with van der Waals surface area (Å²) in [6.07, 6.45) is 5.63. The Hall–Kier alpha value is -0.930. The van der Waals surface area contributed by atoms with Crippen molar-refractivity contribution in [1.82, 2.24) is 4.90 Å². The Kier molecular flexibility index (Phi) is 4.37. The van der Waals surface area contributed by atoms with Crippen LogP contribution < -0.4 is 5.73 Å². The minimum absolute atomic E-state index is 0.198. The van der Waals surface area contributed by atoms with E-state index in [1.54, 1.807) is 0 Å². The third kappa shape index (κ3) is 4.03. The minimum atomic E-state index is 0.198. The van der Waals surface area contributed by atoms with Crippen molar-refractivity contribution in [3.63, 3.8) is 0 Å². The van der Waals surface area contributed by atoms with Crippen LogP contribution in [-0.2, 0) is 0 Å². The van der Waals surface area contributed by atoms with Crippen molar-refractivity contribution in [2.45, 2.75) is 31.6 Å². The third-order valence-electron chi connectivity index (χ3n) is 4.41. The maximum Gasteiger partial charge on any atom is 0.0816 e. The topological polar surface area (TPSA) is 29.3 Å². The summed E-state index contributed by atoms with van der Waals surface area (Å²) in [4.78, 5) is 3.25. The van der Waals surface area contributed by atoms with Gasteiger partial charge in [0.1, 0.15) is 0 Å². The van der Waals surface area contributed by atoms with Gasteiger partial charge in [-0.05, 0) is 43.1 Å². The molecule has 20 heavy (non-hydrogen) atoms. The summed E-state index contributed by atoms with van der Waals surface area (Å²) in [5, 5.41) is 0. The number of nitrogens with two attached hydrogens (primary N) is 1. The second-order valence-electron chi connectivity index (χ2n) is 6.47. The average molecular weight is 288 g/mol. The third-order valence-corrected chi connectivity index (χ3v) is 4.70. The summed E-state index contributed by atoms with van der Waals surface area (Å²) in [5.74, 6) is 2.05. The molecule has 108 valence electrons. The van der Waals surface area contributed by atoms with Gasteiger partial charge in [0.05, 0.1) is 4.99 Å². The lowest BCUT2D eigenvalue weighted by atomic mass is 9.98. The Bertz CT molecular complexity index is 437. The fourth-order valence-corrected chi connectivity index (χ4v) is 3.07. The summed E-state index contributed by atoms with van der Waals surface area (Å²) in [6.45, 7) is 3.47. The van der Waals surface area contributed by atoms with Crippen LogP contribution in [0.15, 0.2) is 30.3 Å². The van der Waals surface area contributed by atoms with Gasteiger partial charge in [0.15, 0.2) is 0 Å². The largest absolute Gasteiger partial charge is 0.393 e. The SMILES string of the molecule is NC(=S)C(CN(CC1CC1)CC1CC1)c1ccccc1. The zero-order chi connectivity index (χ0) is 13.9. The van der Waals surface area contributed by atoms with E-state index in [0.717, 1.165) is 18.4 Å². The Balaban J connectivity index is 1.67. The number of thiocarbonyl (C=S) groups is 1. The van der Waals surface area contributed by atoms with Gasteiger partial charge < -0.3 is 10.6 Å². The van der Waals surface area contributed by atoms with E-state index in [-0.39, 0.29) is 5.92 Å². The van der Waals surface area contributed by atoms with Gasteiger partial charge in [0, 0.05) is 25.6 Å². The first kappa shape index (κ1) is 14.0. The van der Waals surface area contributed by atoms with Crippen molar-refractivity contribution in [2.24, 2.45) is 17.6 Å². The molecule has 3 rings (SSSR count). The zero-order valence-electron chi connectivity index (χ0n) is 12.0. The van der Waals surface area contributed by atoms with Gasteiger partial charge in [-0.3, -0.25) is 0 Å². The van der Waals surface area contributed by atoms with Crippen molar-refractivity contribution >= 4 is 17.2 Å². The number of rotatable bonds is 8. The van der Waals surface area contributed by atoms with Crippen LogP contribution in [0.2, 0.25) is 0 Å². The normalized spacial score (nSPS) is 20.1. The Morgan fingerprint density at radius 3 is 2.10 bits per heavy atom. The highest BCUT2D eigenvalue weighted by molar-refractivity contribution is 7.80. The minimum Gasteiger partial charge on any atom is -0.393 e. The number of hydrogen-bond acceptors (Lipinski definition) is 2. The Labute approximate surface area is 127 Å². The van der Waals surface area contributed by atoms with Crippen LogP contribution in [-0.4, -0.2) is 29.5 Å². The predicted molar refractivity (Wildman–Crippen MR) is 87.9 cm³/mol. The van der Waals surface area contributed by atoms with Gasteiger partial charge in [0.25, 0.3) is 0 Å². The summed E-state index contributed by atoms with van der Waals surface area (Å²) >= 11 is 5.33. The van der Waals surface area contributed by atoms with Crippen LogP contribution in [0.5, 0.6) is 0 Å². The molecule has 2 aliphatic carbocycles. The van der Waals surface area contributed by atoms with E-state index in [1.807, 2.05) is 6.07 Å². The molecule has 2 nitrogen and oxygen atoms in total. The highest BCUT2D eigenvalue weighted by Crippen LogP contribution is 2.34. The van der Waals surface area contributed by atoms with E-state index < -0.39 is 0 Å². The monoisotopic (exact) mass is 288 g/mol. The van der Waals surface area contributed by atoms with E-state index in [1.165, 1.54) is 44.3 Å². The molecule has 0 aliphatic heterocycles. The molecule has 1 unspecified atom stereocenters. The van der Waals surface area contributed by atoms with Crippen LogP contribution in [0.4, 0.5) is 0 Å². The molecule has 2 N–H and O–H groups in total. The maximum absolute atomic E-state index is 6.01. The molecule has 0 bridgehead atoms. The smallest absolute Gasteiger partial charge is 0.0816 e. The highest BCUT2D eigenvalue weighted by atomic mass is 32.1. The predicted octanol–water partition coefficient (Wildman–Crippen LogP) is 3.18. The quantitative estimate of drug-likeness (QED) is 0.745. The lowest BCUT2D eigenvalue weighted by Gasteiger charge is -2.27. The number of benzene rings is 1. The molecule has 2 saturated carbocycles. The fourth-order valence-electron chi connectivity index (χ4n) is 2.86. The van der Waals surface area contributed by atoms with E-state index in [0.29, 0.717) is 4.99 Å². The summed E-state index contributed by atoms with van der Waals surface area (Å²) < 4.78 is 0. The Morgan fingerprint density at radius 1 is 1.10 bits per heavy atom. The molecule has 0 aromatic heterocycles. The molecule has 1 aromatic carbocycles. The van der Waals surface area contributed by atoms with Crippen LogP contribution >= 0.6 is 12.2 Å². The van der Waals surface area contributed by atoms with Gasteiger partial charge in [-0.2, -0.15) is 0 Å². The molecule has 0 saturated heterocycles. The summed E-state index contributed by atoms with van der Waals surface area (Å²) in [6, 6.07) is 10.5. The van der Waals surface area contributed by atoms with Gasteiger partial charge >= 0.3 is 0 Å². The lowest BCUT2D eigenvalue weighted by molar-refractivity contribution is 0.250. The van der Waals surface area contributed by atoms with Crippen LogP contribution in [0, 0.1) is 11.8 Å². The lowest BCUT2D eigenvalue weighted by Crippen LogP contribution is -2.36. The van der Waals surface area contributed by atoms with E-state index in [4.69, 9.17) is 18.0 Å². The molecule has 2 aliphatic rings. The fraction of sp³-hybridized carbons (Fsp3) is 0.588. The van der Waals surface area contributed by atoms with Gasteiger partial charge in [-0.25, -0.2) is 0 Å². The number of nitrogens with zero attached hydrogens (tertiary/aromatic N) is 1. The van der Waals surface area contributed by atoms with Crippen molar-refractivity contribution in [1.29, 1.82) is 0 Å². The molecular weight excluding hydrogens is 264 g/mol. The zero-order valence-corrected chi connectivity index (χ0v) is 12.8. The summed E-state index contributed by atoms with van der Waals surface area (Å²) in [5.41, 5.74) is 7.28. The molecular formula is C17H24N2S. The second-order valence-corrected chi connectivity index (χ2v) is 6.94. The molecule has 0 heterocycles. The molecule has 1 aromatic rings. The first-order valence-corrected chi connectivity index (χ1v) is 8.20. The first-order chi connectivity index (χ1) is 9.72. The second kappa shape index (κ2) is 6.23. The van der Waals surface area contributed by atoms with Crippen molar-refractivity contribution in [3.05, 3.63) is 35.9 Å². The van der Waals surface area contributed by atoms with E-state index in [2.05, 4.69) is 29.2 Å². The van der Waals surface area contributed by atoms with Crippen molar-refractivity contribution < 1.29 is 0 Å². The summed E-state index contributed by atoms with van der Waals surface area (Å²) in [7, 11) is 0. The van der Waals surface area contributed by atoms with Crippen LogP contribution in [0.3, 0.4) is 0 Å².